The molecule has 0 N–H and O–H groups in total. The Morgan fingerprint density at radius 3 is 2.00 bits per heavy atom. The van der Waals surface area contributed by atoms with E-state index in [1.807, 2.05) is 0 Å². The summed E-state index contributed by atoms with van der Waals surface area (Å²) in [5, 5.41) is 0. The molecule has 0 aliphatic carbocycles. The molecule has 6 nitrogen and oxygen atoms in total. The molecule has 0 fully saturated rings. The van der Waals surface area contributed by atoms with Crippen LogP contribution in [0.2, 0.25) is 0 Å². The predicted molar refractivity (Wildman–Crippen MR) is 40.1 cm³/mol. The predicted octanol–water partition coefficient (Wildman–Crippen LogP) is 2.27. The molecule has 0 aromatic rings. The number of ether oxygens (including phenoxy) is 2. The van der Waals surface area contributed by atoms with Crippen LogP contribution in [0.1, 0.15) is 13.8 Å². The van der Waals surface area contributed by atoms with Crippen LogP contribution in [0, 0.1) is 0 Å². The average Bonchev–Trinajstić information content (AvgIpc) is 2.17. The van der Waals surface area contributed by atoms with E-state index in [2.05, 4.69) is 18.7 Å². The van der Waals surface area contributed by atoms with Crippen LogP contribution in [-0.2, 0) is 28.0 Å². The molecule has 0 saturated heterocycles. The Balaban J connectivity index is 4.03. The lowest BCUT2D eigenvalue weighted by Gasteiger charge is -2.18. The van der Waals surface area contributed by atoms with E-state index < -0.39 is 20.4 Å². The zero-order chi connectivity index (χ0) is 11.2. The molecule has 2 unspecified atom stereocenters. The van der Waals surface area contributed by atoms with Crippen molar-refractivity contribution in [2.24, 2.45) is 0 Å². The minimum atomic E-state index is -4.82. The van der Waals surface area contributed by atoms with Gasteiger partial charge in [-0.15, -0.1) is 0 Å². The molecular formula is C5H11F2O6P. The topological polar surface area (TPSA) is 63.2 Å². The van der Waals surface area contributed by atoms with Gasteiger partial charge in [0.25, 0.3) is 0 Å². The molecule has 0 aliphatic heterocycles. The van der Waals surface area contributed by atoms with Crippen molar-refractivity contribution in [3.63, 3.8) is 0 Å². The van der Waals surface area contributed by atoms with Gasteiger partial charge in [-0.25, -0.2) is 4.57 Å². The van der Waals surface area contributed by atoms with Gasteiger partial charge in [-0.05, 0) is 22.9 Å². The molecule has 9 heteroatoms. The first kappa shape index (κ1) is 13.9. The Morgan fingerprint density at radius 2 is 1.64 bits per heavy atom. The number of rotatable bonds is 7. The summed E-state index contributed by atoms with van der Waals surface area (Å²) in [4.78, 5) is 0. The van der Waals surface area contributed by atoms with Crippen molar-refractivity contribution in [1.29, 1.82) is 0 Å². The SMILES string of the molecule is COC(C)OC(C)OP(=O)(OF)OF. The molecule has 86 valence electrons. The Morgan fingerprint density at radius 1 is 1.14 bits per heavy atom. The molecule has 0 radical (unpaired) electrons. The highest BCUT2D eigenvalue weighted by atomic mass is 31.2. The molecule has 0 rings (SSSR count). The van der Waals surface area contributed by atoms with Crippen molar-refractivity contribution in [2.45, 2.75) is 26.4 Å². The molecule has 0 aliphatic rings. The van der Waals surface area contributed by atoms with Gasteiger partial charge in [0.2, 0.25) is 0 Å². The highest BCUT2D eigenvalue weighted by Crippen LogP contribution is 2.51. The van der Waals surface area contributed by atoms with Crippen LogP contribution < -0.4 is 0 Å². The van der Waals surface area contributed by atoms with Gasteiger partial charge in [0, 0.05) is 7.11 Å². The van der Waals surface area contributed by atoms with Gasteiger partial charge in [0.1, 0.15) is 0 Å². The van der Waals surface area contributed by atoms with Crippen molar-refractivity contribution in [3.05, 3.63) is 0 Å². The van der Waals surface area contributed by atoms with Gasteiger partial charge in [-0.1, -0.05) is 9.46 Å². The van der Waals surface area contributed by atoms with Gasteiger partial charge in [-0.2, -0.15) is 0 Å². The van der Waals surface area contributed by atoms with Crippen LogP contribution in [0.25, 0.3) is 0 Å². The fourth-order valence-electron chi connectivity index (χ4n) is 0.575. The summed E-state index contributed by atoms with van der Waals surface area (Å²) in [6.07, 6.45) is -1.92. The number of hydrogen-bond acceptors (Lipinski definition) is 6. The van der Waals surface area contributed by atoms with Crippen molar-refractivity contribution >= 4 is 7.82 Å². The standard InChI is InChI=1S/C5H11F2O6P/c1-4(9-3)10-5(2)11-14(8,12-6)13-7/h4-5H,1-3H3. The van der Waals surface area contributed by atoms with E-state index in [-0.39, 0.29) is 0 Å². The quantitative estimate of drug-likeness (QED) is 0.499. The van der Waals surface area contributed by atoms with E-state index in [9.17, 15) is 13.6 Å². The second-order valence-electron chi connectivity index (χ2n) is 2.20. The highest BCUT2D eigenvalue weighted by molar-refractivity contribution is 7.48. The first-order valence-corrected chi connectivity index (χ1v) is 5.01. The van der Waals surface area contributed by atoms with E-state index in [0.717, 1.165) is 0 Å². The zero-order valence-corrected chi connectivity index (χ0v) is 8.70. The number of halogens is 2. The van der Waals surface area contributed by atoms with E-state index in [1.54, 1.807) is 0 Å². The van der Waals surface area contributed by atoms with E-state index in [0.29, 0.717) is 0 Å². The van der Waals surface area contributed by atoms with Gasteiger partial charge in [0.15, 0.2) is 12.6 Å². The summed E-state index contributed by atoms with van der Waals surface area (Å²) in [6.45, 7) is 2.73. The van der Waals surface area contributed by atoms with Crippen molar-refractivity contribution in [1.82, 2.24) is 0 Å². The lowest BCUT2D eigenvalue weighted by molar-refractivity contribution is -0.214. The van der Waals surface area contributed by atoms with E-state index >= 15 is 0 Å². The molecule has 0 amide bonds. The van der Waals surface area contributed by atoms with Crippen LogP contribution in [0.5, 0.6) is 0 Å². The van der Waals surface area contributed by atoms with Crippen LogP contribution in [-0.4, -0.2) is 19.7 Å². The van der Waals surface area contributed by atoms with Crippen LogP contribution in [0.3, 0.4) is 0 Å². The van der Waals surface area contributed by atoms with Gasteiger partial charge >= 0.3 is 7.82 Å². The summed E-state index contributed by atoms with van der Waals surface area (Å²) in [6, 6.07) is 0. The minimum absolute atomic E-state index is 0.697. The fraction of sp³-hybridized carbons (Fsp3) is 1.00. The summed E-state index contributed by atoms with van der Waals surface area (Å²) in [5.74, 6) is 0. The zero-order valence-electron chi connectivity index (χ0n) is 7.81. The molecule has 14 heavy (non-hydrogen) atoms. The van der Waals surface area contributed by atoms with Crippen LogP contribution in [0.15, 0.2) is 0 Å². The number of phosphoric acid groups is 1. The molecular weight excluding hydrogens is 225 g/mol. The molecule has 0 aromatic carbocycles. The summed E-state index contributed by atoms with van der Waals surface area (Å²) < 4.78 is 52.6. The lowest BCUT2D eigenvalue weighted by atomic mass is 10.7. The summed E-state index contributed by atoms with van der Waals surface area (Å²) >= 11 is 0. The lowest BCUT2D eigenvalue weighted by Crippen LogP contribution is -2.20. The summed E-state index contributed by atoms with van der Waals surface area (Å²) in [5.41, 5.74) is 0. The van der Waals surface area contributed by atoms with Crippen LogP contribution in [0.4, 0.5) is 9.05 Å². The van der Waals surface area contributed by atoms with E-state index in [4.69, 9.17) is 4.74 Å². The monoisotopic (exact) mass is 236 g/mol. The molecule has 0 spiro atoms. The highest BCUT2D eigenvalue weighted by Gasteiger charge is 2.33. The Labute approximate surface area is 79.4 Å². The Hall–Kier alpha value is -0.110. The Kier molecular flexibility index (Phi) is 6.34. The minimum Gasteiger partial charge on any atom is -0.356 e. The Bertz CT molecular complexity index is 195. The largest absolute Gasteiger partial charge is 0.539 e. The smallest absolute Gasteiger partial charge is 0.356 e. The number of methoxy groups -OCH3 is 1. The maximum atomic E-state index is 11.5. The second kappa shape index (κ2) is 6.39. The van der Waals surface area contributed by atoms with E-state index in [1.165, 1.54) is 21.0 Å². The van der Waals surface area contributed by atoms with Crippen molar-refractivity contribution < 1.29 is 37.1 Å². The second-order valence-corrected chi connectivity index (χ2v) is 3.58. The third kappa shape index (κ3) is 4.94. The molecule has 0 bridgehead atoms. The normalized spacial score (nSPS) is 16.6. The average molecular weight is 236 g/mol. The van der Waals surface area contributed by atoms with Crippen molar-refractivity contribution in [2.75, 3.05) is 7.11 Å². The molecule has 0 saturated carbocycles. The third-order valence-electron chi connectivity index (χ3n) is 1.16. The fourth-order valence-corrected chi connectivity index (χ4v) is 1.07. The third-order valence-corrected chi connectivity index (χ3v) is 2.05. The molecule has 2 atom stereocenters. The van der Waals surface area contributed by atoms with Crippen molar-refractivity contribution in [3.8, 4) is 0 Å². The van der Waals surface area contributed by atoms with Gasteiger partial charge < -0.3 is 9.47 Å². The van der Waals surface area contributed by atoms with Gasteiger partial charge in [0.05, 0.1) is 0 Å². The van der Waals surface area contributed by atoms with Crippen LogP contribution >= 0.6 is 7.82 Å². The first-order valence-electron chi connectivity index (χ1n) is 3.54. The summed E-state index contributed by atoms with van der Waals surface area (Å²) in [7, 11) is -3.48. The first-order chi connectivity index (χ1) is 6.47. The molecule has 0 aromatic heterocycles. The van der Waals surface area contributed by atoms with Gasteiger partial charge in [-0.3, -0.25) is 4.52 Å². The molecule has 0 heterocycles. The number of hydrogen-bond donors (Lipinski definition) is 0. The maximum absolute atomic E-state index is 11.5. The maximum Gasteiger partial charge on any atom is 0.539 e.